The van der Waals surface area contributed by atoms with E-state index < -0.39 is 0 Å². The van der Waals surface area contributed by atoms with Gasteiger partial charge >= 0.3 is 0 Å². The smallest absolute Gasteiger partial charge is 0.0815 e. The lowest BCUT2D eigenvalue weighted by atomic mass is 10.1. The topological polar surface area (TPSA) is 12.5 Å². The van der Waals surface area contributed by atoms with Gasteiger partial charge in [-0.1, -0.05) is 13.8 Å². The lowest BCUT2D eigenvalue weighted by molar-refractivity contribution is -0.214. The summed E-state index contributed by atoms with van der Waals surface area (Å²) in [4.78, 5) is 5.62. The van der Waals surface area contributed by atoms with Crippen LogP contribution in [0.1, 0.15) is 41.0 Å². The molecule has 0 spiro atoms. The summed E-state index contributed by atoms with van der Waals surface area (Å²) in [6.45, 7) is 11.7. The minimum atomic E-state index is -0.0638. The number of hydrogen-bond acceptors (Lipinski definition) is 2. The van der Waals surface area contributed by atoms with Gasteiger partial charge in [-0.25, -0.2) is 0 Å². The average molecular weight is 173 g/mol. The van der Waals surface area contributed by atoms with Gasteiger partial charge in [0.1, 0.15) is 0 Å². The molecule has 2 nitrogen and oxygen atoms in total. The lowest BCUT2D eigenvalue weighted by Gasteiger charge is -2.27. The third-order valence-corrected chi connectivity index (χ3v) is 1.45. The molecule has 0 N–H and O–H groups in total. The van der Waals surface area contributed by atoms with Gasteiger partial charge in [0.25, 0.3) is 0 Å². The summed E-state index contributed by atoms with van der Waals surface area (Å²) in [7, 11) is 1.99. The van der Waals surface area contributed by atoms with Crippen molar-refractivity contribution in [1.82, 2.24) is 5.06 Å². The normalized spacial score (nSPS) is 13.0. The Morgan fingerprint density at radius 3 is 2.08 bits per heavy atom. The monoisotopic (exact) mass is 173 g/mol. The Morgan fingerprint density at radius 2 is 1.75 bits per heavy atom. The zero-order chi connectivity index (χ0) is 9.78. The van der Waals surface area contributed by atoms with Crippen LogP contribution in [0.4, 0.5) is 0 Å². The van der Waals surface area contributed by atoms with Crippen LogP contribution in [-0.2, 0) is 4.84 Å². The van der Waals surface area contributed by atoms with E-state index in [9.17, 15) is 0 Å². The van der Waals surface area contributed by atoms with Crippen molar-refractivity contribution in [2.24, 2.45) is 5.92 Å². The second-order valence-electron chi connectivity index (χ2n) is 4.74. The second-order valence-corrected chi connectivity index (χ2v) is 4.74. The minimum absolute atomic E-state index is 0.0638. The molecule has 0 rings (SSSR count). The molecule has 0 saturated heterocycles. The predicted octanol–water partition coefficient (Wildman–Crippen LogP) is 2.69. The van der Waals surface area contributed by atoms with E-state index in [4.69, 9.17) is 4.84 Å². The molecule has 0 unspecified atom stereocenters. The summed E-state index contributed by atoms with van der Waals surface area (Å²) in [5.41, 5.74) is -0.0638. The molecular weight excluding hydrogens is 150 g/mol. The Labute approximate surface area is 76.9 Å². The molecule has 0 atom stereocenters. The van der Waals surface area contributed by atoms with Crippen LogP contribution in [0.2, 0.25) is 0 Å². The lowest BCUT2D eigenvalue weighted by Crippen LogP contribution is -2.32. The fraction of sp³-hybridized carbons (Fsp3) is 1.00. The van der Waals surface area contributed by atoms with Gasteiger partial charge in [0.05, 0.1) is 5.60 Å². The standard InChI is InChI=1S/C10H23NO/c1-9(2)7-8-11(6)12-10(3,4)5/h9H,7-8H2,1-6H3. The molecule has 0 aliphatic rings. The van der Waals surface area contributed by atoms with E-state index in [0.29, 0.717) is 0 Å². The summed E-state index contributed by atoms with van der Waals surface area (Å²) in [6.07, 6.45) is 1.19. The van der Waals surface area contributed by atoms with Crippen LogP contribution in [0.5, 0.6) is 0 Å². The van der Waals surface area contributed by atoms with Crippen molar-refractivity contribution in [3.05, 3.63) is 0 Å². The molecule has 2 heteroatoms. The zero-order valence-electron chi connectivity index (χ0n) is 9.35. The van der Waals surface area contributed by atoms with Crippen molar-refractivity contribution >= 4 is 0 Å². The zero-order valence-corrected chi connectivity index (χ0v) is 9.35. The largest absolute Gasteiger partial charge is 0.294 e. The summed E-state index contributed by atoms with van der Waals surface area (Å²) in [5.74, 6) is 0.746. The molecule has 0 aromatic carbocycles. The highest BCUT2D eigenvalue weighted by Gasteiger charge is 2.13. The average Bonchev–Trinajstić information content (AvgIpc) is 1.79. The Kier molecular flexibility index (Phi) is 4.80. The van der Waals surface area contributed by atoms with Gasteiger partial charge in [0.15, 0.2) is 0 Å². The molecule has 12 heavy (non-hydrogen) atoms. The van der Waals surface area contributed by atoms with E-state index >= 15 is 0 Å². The Bertz CT molecular complexity index is 115. The quantitative estimate of drug-likeness (QED) is 0.606. The Morgan fingerprint density at radius 1 is 1.25 bits per heavy atom. The van der Waals surface area contributed by atoms with Crippen LogP contribution in [0.25, 0.3) is 0 Å². The van der Waals surface area contributed by atoms with E-state index in [1.165, 1.54) is 6.42 Å². The molecule has 0 bridgehead atoms. The molecular formula is C10H23NO. The maximum Gasteiger partial charge on any atom is 0.0815 e. The first-order chi connectivity index (χ1) is 5.31. The van der Waals surface area contributed by atoms with Gasteiger partial charge < -0.3 is 0 Å². The maximum absolute atomic E-state index is 5.62. The minimum Gasteiger partial charge on any atom is -0.294 e. The first-order valence-corrected chi connectivity index (χ1v) is 4.71. The van der Waals surface area contributed by atoms with Crippen molar-refractivity contribution in [1.29, 1.82) is 0 Å². The highest BCUT2D eigenvalue weighted by atomic mass is 16.7. The molecule has 0 saturated carbocycles. The van der Waals surface area contributed by atoms with Crippen LogP contribution in [0, 0.1) is 5.92 Å². The van der Waals surface area contributed by atoms with Crippen LogP contribution in [-0.4, -0.2) is 24.3 Å². The van der Waals surface area contributed by atoms with Gasteiger partial charge in [-0.05, 0) is 33.1 Å². The van der Waals surface area contributed by atoms with Gasteiger partial charge in [-0.2, -0.15) is 5.06 Å². The van der Waals surface area contributed by atoms with E-state index in [1.54, 1.807) is 0 Å². The van der Waals surface area contributed by atoms with E-state index in [2.05, 4.69) is 34.6 Å². The molecule has 0 heterocycles. The third-order valence-electron chi connectivity index (χ3n) is 1.45. The fourth-order valence-corrected chi connectivity index (χ4v) is 0.953. The van der Waals surface area contributed by atoms with Crippen LogP contribution >= 0.6 is 0 Å². The number of nitrogens with zero attached hydrogens (tertiary/aromatic N) is 1. The SMILES string of the molecule is CC(C)CCN(C)OC(C)(C)C. The molecule has 0 aromatic heterocycles. The van der Waals surface area contributed by atoms with Crippen LogP contribution < -0.4 is 0 Å². The molecule has 0 fully saturated rings. The van der Waals surface area contributed by atoms with E-state index in [1.807, 2.05) is 12.1 Å². The summed E-state index contributed by atoms with van der Waals surface area (Å²) < 4.78 is 0. The number of hydrogen-bond donors (Lipinski definition) is 0. The van der Waals surface area contributed by atoms with Gasteiger partial charge in [0, 0.05) is 13.6 Å². The van der Waals surface area contributed by atoms with Crippen LogP contribution in [0.3, 0.4) is 0 Å². The van der Waals surface area contributed by atoms with Crippen molar-refractivity contribution < 1.29 is 4.84 Å². The Balaban J connectivity index is 3.53. The molecule has 0 aliphatic carbocycles. The van der Waals surface area contributed by atoms with E-state index in [-0.39, 0.29) is 5.60 Å². The molecule has 0 radical (unpaired) electrons. The summed E-state index contributed by atoms with van der Waals surface area (Å²) >= 11 is 0. The van der Waals surface area contributed by atoms with Crippen molar-refractivity contribution in [2.45, 2.75) is 46.6 Å². The molecule has 0 aliphatic heterocycles. The van der Waals surface area contributed by atoms with Gasteiger partial charge in [0.2, 0.25) is 0 Å². The van der Waals surface area contributed by atoms with Crippen molar-refractivity contribution in [3.8, 4) is 0 Å². The van der Waals surface area contributed by atoms with E-state index in [0.717, 1.165) is 12.5 Å². The highest BCUT2D eigenvalue weighted by molar-refractivity contribution is 4.57. The van der Waals surface area contributed by atoms with Crippen molar-refractivity contribution in [3.63, 3.8) is 0 Å². The second kappa shape index (κ2) is 4.83. The third kappa shape index (κ3) is 8.02. The van der Waals surface area contributed by atoms with Crippen LogP contribution in [0.15, 0.2) is 0 Å². The predicted molar refractivity (Wildman–Crippen MR) is 52.9 cm³/mol. The maximum atomic E-state index is 5.62. The first-order valence-electron chi connectivity index (χ1n) is 4.71. The van der Waals surface area contributed by atoms with Gasteiger partial charge in [-0.3, -0.25) is 4.84 Å². The Hall–Kier alpha value is -0.0800. The summed E-state index contributed by atoms with van der Waals surface area (Å²) in [5, 5.41) is 1.93. The first kappa shape index (κ1) is 11.9. The fourth-order valence-electron chi connectivity index (χ4n) is 0.953. The summed E-state index contributed by atoms with van der Waals surface area (Å²) in [6, 6.07) is 0. The molecule has 0 amide bonds. The highest BCUT2D eigenvalue weighted by Crippen LogP contribution is 2.10. The molecule has 0 aromatic rings. The number of hydroxylamine groups is 2. The van der Waals surface area contributed by atoms with Crippen molar-refractivity contribution in [2.75, 3.05) is 13.6 Å². The number of rotatable bonds is 4. The molecule has 74 valence electrons. The van der Waals surface area contributed by atoms with Gasteiger partial charge in [-0.15, -0.1) is 0 Å².